The van der Waals surface area contributed by atoms with Crippen LogP contribution in [0.3, 0.4) is 0 Å². The molecule has 0 aliphatic carbocycles. The van der Waals surface area contributed by atoms with Gasteiger partial charge in [-0.1, -0.05) is 24.1 Å². The van der Waals surface area contributed by atoms with E-state index in [1.54, 1.807) is 13.2 Å². The number of aliphatic hydroxyl groups excluding tert-OH is 1. The molecule has 1 saturated heterocycles. The highest BCUT2D eigenvalue weighted by atomic mass is 35.5. The third-order valence-electron chi connectivity index (χ3n) is 3.25. The fourth-order valence-electron chi connectivity index (χ4n) is 2.24. The summed E-state index contributed by atoms with van der Waals surface area (Å²) in [7, 11) is 1.58. The Labute approximate surface area is 107 Å². The lowest BCUT2D eigenvalue weighted by Gasteiger charge is -2.28. The number of piperidine rings is 1. The highest BCUT2D eigenvalue weighted by Gasteiger charge is 2.23. The molecule has 0 spiro atoms. The van der Waals surface area contributed by atoms with Crippen LogP contribution in [-0.2, 0) is 0 Å². The van der Waals surface area contributed by atoms with Gasteiger partial charge in [-0.2, -0.15) is 0 Å². The zero-order chi connectivity index (χ0) is 12.3. The topological polar surface area (TPSA) is 41.5 Å². The first-order valence-electron chi connectivity index (χ1n) is 5.97. The highest BCUT2D eigenvalue weighted by Crippen LogP contribution is 2.30. The molecule has 1 aliphatic heterocycles. The van der Waals surface area contributed by atoms with Gasteiger partial charge in [0.05, 0.1) is 18.2 Å². The fraction of sp³-hybridized carbons (Fsp3) is 0.538. The van der Waals surface area contributed by atoms with Crippen LogP contribution in [0.1, 0.15) is 30.9 Å². The van der Waals surface area contributed by atoms with Gasteiger partial charge in [0.15, 0.2) is 0 Å². The minimum absolute atomic E-state index is 0.134. The van der Waals surface area contributed by atoms with Crippen LogP contribution in [0.15, 0.2) is 18.2 Å². The van der Waals surface area contributed by atoms with Crippen LogP contribution in [-0.4, -0.2) is 24.8 Å². The number of nitrogens with one attached hydrogen (secondary N) is 1. The number of benzene rings is 1. The number of hydrogen-bond acceptors (Lipinski definition) is 3. The molecule has 0 aromatic heterocycles. The molecular formula is C13H18ClNO2. The van der Waals surface area contributed by atoms with Crippen molar-refractivity contribution in [2.75, 3.05) is 13.7 Å². The maximum absolute atomic E-state index is 10.3. The van der Waals surface area contributed by atoms with E-state index in [9.17, 15) is 5.11 Å². The molecule has 3 nitrogen and oxygen atoms in total. The van der Waals surface area contributed by atoms with Crippen molar-refractivity contribution in [3.8, 4) is 5.75 Å². The normalized spacial score (nSPS) is 22.2. The van der Waals surface area contributed by atoms with Crippen molar-refractivity contribution in [2.45, 2.75) is 31.4 Å². The molecule has 0 radical (unpaired) electrons. The van der Waals surface area contributed by atoms with Crippen LogP contribution in [0.5, 0.6) is 5.75 Å². The van der Waals surface area contributed by atoms with E-state index in [4.69, 9.17) is 16.3 Å². The molecule has 0 saturated carbocycles. The molecule has 1 aromatic rings. The molecule has 17 heavy (non-hydrogen) atoms. The Kier molecular flexibility index (Phi) is 4.26. The molecule has 2 unspecified atom stereocenters. The van der Waals surface area contributed by atoms with Gasteiger partial charge < -0.3 is 15.2 Å². The van der Waals surface area contributed by atoms with Crippen LogP contribution >= 0.6 is 11.6 Å². The molecule has 4 heteroatoms. The average molecular weight is 256 g/mol. The number of methoxy groups -OCH3 is 1. The summed E-state index contributed by atoms with van der Waals surface area (Å²) in [5.74, 6) is 0.610. The SMILES string of the molecule is COc1cc(C(O)C2CCCCN2)ccc1Cl. The standard InChI is InChI=1S/C13H18ClNO2/c1-17-12-8-9(5-6-10(12)14)13(16)11-4-2-3-7-15-11/h5-6,8,11,13,15-16H,2-4,7H2,1H3. The predicted octanol–water partition coefficient (Wildman–Crippen LogP) is 2.52. The van der Waals surface area contributed by atoms with Gasteiger partial charge in [0.25, 0.3) is 0 Å². The maximum Gasteiger partial charge on any atom is 0.137 e. The third kappa shape index (κ3) is 2.92. The van der Waals surface area contributed by atoms with Gasteiger partial charge in [0.1, 0.15) is 5.75 Å². The van der Waals surface area contributed by atoms with E-state index in [-0.39, 0.29) is 6.04 Å². The largest absolute Gasteiger partial charge is 0.495 e. The van der Waals surface area contributed by atoms with Gasteiger partial charge in [-0.05, 0) is 37.1 Å². The Bertz CT molecular complexity index is 378. The highest BCUT2D eigenvalue weighted by molar-refractivity contribution is 6.32. The second kappa shape index (κ2) is 5.71. The van der Waals surface area contributed by atoms with Gasteiger partial charge in [0.2, 0.25) is 0 Å². The second-order valence-electron chi connectivity index (χ2n) is 4.40. The number of rotatable bonds is 3. The number of aliphatic hydroxyl groups is 1. The van der Waals surface area contributed by atoms with Crippen LogP contribution in [0.25, 0.3) is 0 Å². The molecule has 0 amide bonds. The summed E-state index contributed by atoms with van der Waals surface area (Å²) in [6.45, 7) is 0.979. The Hall–Kier alpha value is -0.770. The van der Waals surface area contributed by atoms with Crippen molar-refractivity contribution in [1.82, 2.24) is 5.32 Å². The van der Waals surface area contributed by atoms with Gasteiger partial charge >= 0.3 is 0 Å². The zero-order valence-electron chi connectivity index (χ0n) is 9.95. The van der Waals surface area contributed by atoms with Gasteiger partial charge in [-0.15, -0.1) is 0 Å². The first kappa shape index (κ1) is 12.7. The van der Waals surface area contributed by atoms with E-state index in [1.807, 2.05) is 12.1 Å². The molecule has 2 rings (SSSR count). The number of halogens is 1. The van der Waals surface area contributed by atoms with E-state index in [0.29, 0.717) is 10.8 Å². The summed E-state index contributed by atoms with van der Waals surface area (Å²) >= 11 is 5.96. The molecule has 1 aliphatic rings. The van der Waals surface area contributed by atoms with Crippen molar-refractivity contribution < 1.29 is 9.84 Å². The molecule has 1 aromatic carbocycles. The quantitative estimate of drug-likeness (QED) is 0.872. The number of ether oxygens (including phenoxy) is 1. The van der Waals surface area contributed by atoms with E-state index in [2.05, 4.69) is 5.32 Å². The molecule has 2 N–H and O–H groups in total. The first-order chi connectivity index (χ1) is 8.22. The summed E-state index contributed by atoms with van der Waals surface area (Å²) in [6, 6.07) is 5.56. The predicted molar refractivity (Wildman–Crippen MR) is 68.6 cm³/mol. The molecule has 0 bridgehead atoms. The lowest BCUT2D eigenvalue weighted by Crippen LogP contribution is -2.38. The lowest BCUT2D eigenvalue weighted by molar-refractivity contribution is 0.113. The first-order valence-corrected chi connectivity index (χ1v) is 6.35. The smallest absolute Gasteiger partial charge is 0.137 e. The van der Waals surface area contributed by atoms with Gasteiger partial charge in [-0.3, -0.25) is 0 Å². The van der Waals surface area contributed by atoms with Crippen molar-refractivity contribution >= 4 is 11.6 Å². The molecule has 1 heterocycles. The second-order valence-corrected chi connectivity index (χ2v) is 4.80. The van der Waals surface area contributed by atoms with Crippen molar-refractivity contribution in [3.05, 3.63) is 28.8 Å². The Balaban J connectivity index is 2.15. The fourth-order valence-corrected chi connectivity index (χ4v) is 2.44. The van der Waals surface area contributed by atoms with E-state index < -0.39 is 6.10 Å². The van der Waals surface area contributed by atoms with Crippen LogP contribution in [0, 0.1) is 0 Å². The minimum atomic E-state index is -0.499. The lowest BCUT2D eigenvalue weighted by atomic mass is 9.95. The van der Waals surface area contributed by atoms with Crippen molar-refractivity contribution in [1.29, 1.82) is 0 Å². The zero-order valence-corrected chi connectivity index (χ0v) is 10.7. The summed E-state index contributed by atoms with van der Waals surface area (Å²) in [5.41, 5.74) is 0.852. The minimum Gasteiger partial charge on any atom is -0.495 e. The summed E-state index contributed by atoms with van der Waals surface area (Å²) in [4.78, 5) is 0. The summed E-state index contributed by atoms with van der Waals surface area (Å²) < 4.78 is 5.16. The number of hydrogen-bond donors (Lipinski definition) is 2. The molecule has 1 fully saturated rings. The van der Waals surface area contributed by atoms with E-state index in [0.717, 1.165) is 18.5 Å². The summed E-state index contributed by atoms with van der Waals surface area (Å²) in [5, 5.41) is 14.2. The van der Waals surface area contributed by atoms with Crippen molar-refractivity contribution in [3.63, 3.8) is 0 Å². The van der Waals surface area contributed by atoms with Crippen molar-refractivity contribution in [2.24, 2.45) is 0 Å². The Morgan fingerprint density at radius 2 is 2.29 bits per heavy atom. The van der Waals surface area contributed by atoms with E-state index >= 15 is 0 Å². The van der Waals surface area contributed by atoms with Crippen LogP contribution in [0.4, 0.5) is 0 Å². The Morgan fingerprint density at radius 3 is 2.94 bits per heavy atom. The maximum atomic E-state index is 10.3. The molecule has 2 atom stereocenters. The van der Waals surface area contributed by atoms with E-state index in [1.165, 1.54) is 12.8 Å². The monoisotopic (exact) mass is 255 g/mol. The third-order valence-corrected chi connectivity index (χ3v) is 3.56. The summed E-state index contributed by atoms with van der Waals surface area (Å²) in [6.07, 6.45) is 2.86. The molecular weight excluding hydrogens is 238 g/mol. The van der Waals surface area contributed by atoms with Crippen LogP contribution < -0.4 is 10.1 Å². The Morgan fingerprint density at radius 1 is 1.47 bits per heavy atom. The average Bonchev–Trinajstić information content (AvgIpc) is 2.39. The van der Waals surface area contributed by atoms with Gasteiger partial charge in [-0.25, -0.2) is 0 Å². The van der Waals surface area contributed by atoms with Gasteiger partial charge in [0, 0.05) is 6.04 Å². The van der Waals surface area contributed by atoms with Crippen LogP contribution in [0.2, 0.25) is 5.02 Å². The molecule has 94 valence electrons.